The molecule has 39 heavy (non-hydrogen) atoms. The Morgan fingerprint density at radius 3 is 2.62 bits per heavy atom. The number of carboxylic acids is 1. The van der Waals surface area contributed by atoms with Crippen molar-refractivity contribution in [2.75, 3.05) is 33.5 Å². The van der Waals surface area contributed by atoms with Gasteiger partial charge < -0.3 is 29.4 Å². The lowest BCUT2D eigenvalue weighted by Crippen LogP contribution is -2.38. The Kier molecular flexibility index (Phi) is 7.89. The zero-order valence-corrected chi connectivity index (χ0v) is 21.6. The number of aliphatic carboxylic acids is 1. The van der Waals surface area contributed by atoms with E-state index in [-0.39, 0.29) is 25.2 Å². The zero-order valence-electron chi connectivity index (χ0n) is 21.6. The summed E-state index contributed by atoms with van der Waals surface area (Å²) in [6, 6.07) is 12.0. The number of likely N-dealkylation sites (tertiary alicyclic amines) is 1. The highest BCUT2D eigenvalue weighted by molar-refractivity contribution is 5.79. The number of rotatable bonds is 11. The van der Waals surface area contributed by atoms with E-state index in [0.29, 0.717) is 30.3 Å². The number of carbonyl (C=O) groups excluding carboxylic acids is 1. The van der Waals surface area contributed by atoms with Gasteiger partial charge >= 0.3 is 12.4 Å². The van der Waals surface area contributed by atoms with Crippen LogP contribution < -0.4 is 19.5 Å². The summed E-state index contributed by atoms with van der Waals surface area (Å²) in [6.45, 7) is 3.11. The first-order chi connectivity index (χ1) is 19.0. The highest BCUT2D eigenvalue weighted by atomic mass is 16.7. The van der Waals surface area contributed by atoms with E-state index in [2.05, 4.69) is 20.7 Å². The molecule has 2 unspecified atom stereocenters. The summed E-state index contributed by atoms with van der Waals surface area (Å²) in [4.78, 5) is 28.6. The lowest BCUT2D eigenvalue weighted by molar-refractivity contribution is -0.143. The first-order valence-corrected chi connectivity index (χ1v) is 12.6. The summed E-state index contributed by atoms with van der Waals surface area (Å²) in [5.41, 5.74) is 1.56. The molecule has 3 aromatic rings. The molecule has 206 valence electrons. The second-order valence-corrected chi connectivity index (χ2v) is 9.29. The molecule has 1 fully saturated rings. The fourth-order valence-electron chi connectivity index (χ4n) is 5.10. The van der Waals surface area contributed by atoms with Crippen LogP contribution in [0.1, 0.15) is 42.8 Å². The van der Waals surface area contributed by atoms with Gasteiger partial charge in [0.25, 0.3) is 0 Å². The van der Waals surface area contributed by atoms with Crippen molar-refractivity contribution in [1.29, 1.82) is 0 Å². The van der Waals surface area contributed by atoms with Crippen molar-refractivity contribution in [3.05, 3.63) is 59.9 Å². The zero-order chi connectivity index (χ0) is 27.4. The van der Waals surface area contributed by atoms with Crippen molar-refractivity contribution in [2.24, 2.45) is 5.92 Å². The van der Waals surface area contributed by atoms with Crippen LogP contribution in [0.25, 0.3) is 0 Å². The number of tetrazole rings is 1. The Hall–Kier alpha value is -4.23. The van der Waals surface area contributed by atoms with Crippen LogP contribution in [0.3, 0.4) is 0 Å². The summed E-state index contributed by atoms with van der Waals surface area (Å²) in [5.74, 6) is -0.621. The van der Waals surface area contributed by atoms with E-state index in [9.17, 15) is 14.7 Å². The van der Waals surface area contributed by atoms with Crippen LogP contribution >= 0.6 is 0 Å². The Labute approximate surface area is 224 Å². The van der Waals surface area contributed by atoms with Crippen molar-refractivity contribution < 1.29 is 33.6 Å². The minimum atomic E-state index is -0.948. The van der Waals surface area contributed by atoms with Crippen LogP contribution in [-0.4, -0.2) is 75.6 Å². The number of fused-ring (bicyclic) bond motifs is 1. The summed E-state index contributed by atoms with van der Waals surface area (Å²) >= 11 is 0. The molecule has 1 aromatic heterocycles. The smallest absolute Gasteiger partial charge is 0.321 e. The molecule has 0 saturated carbocycles. The molecule has 0 bridgehead atoms. The number of hydrogen-bond acceptors (Lipinski definition) is 10. The van der Waals surface area contributed by atoms with Gasteiger partial charge in [0.1, 0.15) is 5.75 Å². The number of benzene rings is 2. The average molecular weight is 539 g/mol. The van der Waals surface area contributed by atoms with Gasteiger partial charge in [-0.25, -0.2) is 0 Å². The molecule has 2 aromatic carbocycles. The number of hydrogen-bond donors (Lipinski definition) is 2. The molecule has 13 heteroatoms. The topological polar surface area (TPSA) is 150 Å². The summed E-state index contributed by atoms with van der Waals surface area (Å²) in [5, 5.41) is 24.7. The number of nitrogens with zero attached hydrogens (tertiary/aromatic N) is 5. The predicted octanol–water partition coefficient (Wildman–Crippen LogP) is 1.95. The van der Waals surface area contributed by atoms with Crippen molar-refractivity contribution in [1.82, 2.24) is 30.4 Å². The van der Waals surface area contributed by atoms with Gasteiger partial charge in [-0.05, 0) is 47.0 Å². The summed E-state index contributed by atoms with van der Waals surface area (Å²) in [7, 11) is 1.45. The molecule has 2 N–H and O–H groups in total. The van der Waals surface area contributed by atoms with E-state index in [0.717, 1.165) is 17.5 Å². The third kappa shape index (κ3) is 5.64. The molecular formula is C26H30N6O7. The molecule has 1 saturated heterocycles. The molecular weight excluding hydrogens is 508 g/mol. The largest absolute Gasteiger partial charge is 0.481 e. The van der Waals surface area contributed by atoms with Crippen LogP contribution in [0.5, 0.6) is 17.2 Å². The SMILES string of the molecule is CCCNC(=O)CN1CC(c2ccc3c(c2)OCO3)[C@H](C(=O)O)[C@H]1c1ccc(OC(OC)n2ncnn2)cc1. The molecule has 0 aliphatic carbocycles. The standard InChI is InChI=1S/C26H30N6O7/c1-3-10-27-22(33)13-31-12-19(17-6-9-20-21(11-17)38-15-37-20)23(25(34)35)24(31)16-4-7-18(8-5-16)39-26(36-2)32-29-14-28-30-32/h4-9,11,14,19,23-24,26H,3,10,12-13,15H2,1-2H3,(H,27,33)(H,34,35)/t19?,23-,24+,26?/m0/s1. The first-order valence-electron chi connectivity index (χ1n) is 12.6. The molecule has 0 radical (unpaired) electrons. The fourth-order valence-corrected chi connectivity index (χ4v) is 5.10. The highest BCUT2D eigenvalue weighted by Gasteiger charge is 2.48. The molecule has 5 rings (SSSR count). The second-order valence-electron chi connectivity index (χ2n) is 9.29. The normalized spacial score (nSPS) is 21.0. The van der Waals surface area contributed by atoms with Crippen LogP contribution in [0.4, 0.5) is 0 Å². The lowest BCUT2D eigenvalue weighted by atomic mass is 9.82. The van der Waals surface area contributed by atoms with E-state index in [4.69, 9.17) is 18.9 Å². The van der Waals surface area contributed by atoms with Crippen LogP contribution in [0.2, 0.25) is 0 Å². The number of ether oxygens (including phenoxy) is 4. The van der Waals surface area contributed by atoms with Crippen molar-refractivity contribution in [3.63, 3.8) is 0 Å². The van der Waals surface area contributed by atoms with E-state index in [1.165, 1.54) is 18.2 Å². The maximum Gasteiger partial charge on any atom is 0.321 e. The van der Waals surface area contributed by atoms with Gasteiger partial charge in [0, 0.05) is 32.2 Å². The number of carbonyl (C=O) groups is 2. The van der Waals surface area contributed by atoms with Gasteiger partial charge in [0.15, 0.2) is 17.8 Å². The minimum absolute atomic E-state index is 0.0669. The highest BCUT2D eigenvalue weighted by Crippen LogP contribution is 2.47. The Morgan fingerprint density at radius 1 is 1.15 bits per heavy atom. The fraction of sp³-hybridized carbons (Fsp3) is 0.423. The van der Waals surface area contributed by atoms with Gasteiger partial charge in [-0.1, -0.05) is 29.9 Å². The molecule has 1 amide bonds. The van der Waals surface area contributed by atoms with Gasteiger partial charge in [0.2, 0.25) is 12.7 Å². The molecule has 4 atom stereocenters. The summed E-state index contributed by atoms with van der Waals surface area (Å²) in [6.07, 6.45) is 1.15. The molecule has 0 spiro atoms. The third-order valence-electron chi connectivity index (χ3n) is 6.84. The van der Waals surface area contributed by atoms with E-state index in [1.54, 1.807) is 30.3 Å². The van der Waals surface area contributed by atoms with Gasteiger partial charge in [-0.3, -0.25) is 14.5 Å². The van der Waals surface area contributed by atoms with E-state index >= 15 is 0 Å². The first kappa shape index (κ1) is 26.4. The van der Waals surface area contributed by atoms with E-state index < -0.39 is 24.3 Å². The van der Waals surface area contributed by atoms with Crippen molar-refractivity contribution in [3.8, 4) is 17.2 Å². The Bertz CT molecular complexity index is 1290. The van der Waals surface area contributed by atoms with Crippen LogP contribution in [0, 0.1) is 5.92 Å². The summed E-state index contributed by atoms with van der Waals surface area (Å²) < 4.78 is 22.1. The van der Waals surface area contributed by atoms with Crippen LogP contribution in [-0.2, 0) is 14.3 Å². The predicted molar refractivity (Wildman–Crippen MR) is 135 cm³/mol. The maximum atomic E-state index is 12.7. The van der Waals surface area contributed by atoms with Crippen molar-refractivity contribution >= 4 is 11.9 Å². The van der Waals surface area contributed by atoms with Gasteiger partial charge in [-0.2, -0.15) is 0 Å². The quantitative estimate of drug-likeness (QED) is 0.345. The molecule has 13 nitrogen and oxygen atoms in total. The van der Waals surface area contributed by atoms with E-state index in [1.807, 2.05) is 24.0 Å². The lowest BCUT2D eigenvalue weighted by Gasteiger charge is -2.27. The monoisotopic (exact) mass is 538 g/mol. The minimum Gasteiger partial charge on any atom is -0.481 e. The second kappa shape index (κ2) is 11.7. The van der Waals surface area contributed by atoms with Crippen molar-refractivity contribution in [2.45, 2.75) is 31.7 Å². The number of aromatic nitrogens is 4. The molecule has 2 aliphatic rings. The third-order valence-corrected chi connectivity index (χ3v) is 6.84. The molecule has 2 aliphatic heterocycles. The number of carboxylic acid groups (broad SMARTS) is 1. The van der Waals surface area contributed by atoms with Crippen LogP contribution in [0.15, 0.2) is 48.8 Å². The molecule has 3 heterocycles. The Balaban J connectivity index is 1.44. The number of methoxy groups -OCH3 is 1. The van der Waals surface area contributed by atoms with Gasteiger partial charge in [-0.15, -0.1) is 10.2 Å². The Morgan fingerprint density at radius 2 is 1.92 bits per heavy atom. The maximum absolute atomic E-state index is 12.7. The van der Waals surface area contributed by atoms with Gasteiger partial charge in [0.05, 0.1) is 12.5 Å². The number of nitrogens with one attached hydrogen (secondary N) is 1. The number of amides is 1. The average Bonchev–Trinajstić information content (AvgIpc) is 3.70.